The molecule has 0 aliphatic carbocycles. The fourth-order valence-corrected chi connectivity index (χ4v) is 5.15. The summed E-state index contributed by atoms with van der Waals surface area (Å²) in [7, 11) is 0. The third-order valence-electron chi connectivity index (χ3n) is 5.56. The fraction of sp³-hybridized carbons (Fsp3) is 0.304. The van der Waals surface area contributed by atoms with Crippen LogP contribution in [0.2, 0.25) is 0 Å². The summed E-state index contributed by atoms with van der Waals surface area (Å²) in [4.78, 5) is 14.7. The molecule has 3 heterocycles. The van der Waals surface area contributed by atoms with Gasteiger partial charge in [0.15, 0.2) is 5.82 Å². The van der Waals surface area contributed by atoms with Crippen LogP contribution < -0.4 is 5.32 Å². The van der Waals surface area contributed by atoms with Gasteiger partial charge in [-0.15, -0.1) is 11.8 Å². The second kappa shape index (κ2) is 8.63. The molecular weight excluding hydrogens is 396 g/mol. The van der Waals surface area contributed by atoms with E-state index in [0.717, 1.165) is 49.7 Å². The molecule has 5 rings (SSSR count). The summed E-state index contributed by atoms with van der Waals surface area (Å²) in [6.07, 6.45) is 0. The first-order chi connectivity index (χ1) is 14.8. The fourth-order valence-electron chi connectivity index (χ4n) is 4.01. The van der Waals surface area contributed by atoms with Crippen LogP contribution >= 0.6 is 11.8 Å². The van der Waals surface area contributed by atoms with Gasteiger partial charge in [0.05, 0.1) is 29.9 Å². The number of ether oxygens (including phenoxy) is 1. The number of hydrogen-bond donors (Lipinski definition) is 2. The number of aromatic nitrogens is 2. The largest absolute Gasteiger partial charge is 0.379 e. The SMILES string of the molecule is O=C1CSC(c2ccc(CN3CCOCC3)cc2)c2c(n[nH]c2-c2ccccc2)N1. The van der Waals surface area contributed by atoms with Crippen molar-refractivity contribution in [2.75, 3.05) is 37.4 Å². The number of anilines is 1. The molecule has 1 unspecified atom stereocenters. The average molecular weight is 421 g/mol. The first-order valence-electron chi connectivity index (χ1n) is 10.2. The molecular formula is C23H24N4O2S. The number of carbonyl (C=O) groups excluding carboxylic acids is 1. The molecule has 1 amide bonds. The average Bonchev–Trinajstić information content (AvgIpc) is 3.12. The van der Waals surface area contributed by atoms with Crippen LogP contribution in [0.5, 0.6) is 0 Å². The summed E-state index contributed by atoms with van der Waals surface area (Å²) >= 11 is 1.64. The van der Waals surface area contributed by atoms with Crippen molar-refractivity contribution in [2.24, 2.45) is 0 Å². The summed E-state index contributed by atoms with van der Waals surface area (Å²) in [5.74, 6) is 1.02. The smallest absolute Gasteiger partial charge is 0.235 e. The predicted octanol–water partition coefficient (Wildman–Crippen LogP) is 3.68. The Morgan fingerprint density at radius 2 is 1.83 bits per heavy atom. The van der Waals surface area contributed by atoms with Gasteiger partial charge in [0, 0.05) is 25.2 Å². The van der Waals surface area contributed by atoms with Gasteiger partial charge in [-0.05, 0) is 16.7 Å². The first kappa shape index (κ1) is 19.4. The first-order valence-corrected chi connectivity index (χ1v) is 11.3. The van der Waals surface area contributed by atoms with Crippen molar-refractivity contribution >= 4 is 23.5 Å². The van der Waals surface area contributed by atoms with Crippen LogP contribution in [0.3, 0.4) is 0 Å². The van der Waals surface area contributed by atoms with Crippen LogP contribution in [0, 0.1) is 0 Å². The monoisotopic (exact) mass is 420 g/mol. The van der Waals surface area contributed by atoms with E-state index in [-0.39, 0.29) is 11.2 Å². The highest BCUT2D eigenvalue weighted by Gasteiger charge is 2.30. The molecule has 1 fully saturated rings. The molecule has 1 aromatic heterocycles. The van der Waals surface area contributed by atoms with Crippen LogP contribution in [0.15, 0.2) is 54.6 Å². The van der Waals surface area contributed by atoms with E-state index in [1.54, 1.807) is 11.8 Å². The lowest BCUT2D eigenvalue weighted by molar-refractivity contribution is -0.113. The molecule has 1 saturated heterocycles. The molecule has 0 saturated carbocycles. The molecule has 2 aromatic carbocycles. The highest BCUT2D eigenvalue weighted by Crippen LogP contribution is 2.45. The molecule has 6 nitrogen and oxygen atoms in total. The topological polar surface area (TPSA) is 70.2 Å². The number of fused-ring (bicyclic) bond motifs is 1. The summed E-state index contributed by atoms with van der Waals surface area (Å²) in [6.45, 7) is 4.51. The Hall–Kier alpha value is -2.61. The Morgan fingerprint density at radius 1 is 1.07 bits per heavy atom. The number of thioether (sulfide) groups is 1. The van der Waals surface area contributed by atoms with Gasteiger partial charge in [-0.1, -0.05) is 54.6 Å². The van der Waals surface area contributed by atoms with E-state index in [2.05, 4.69) is 56.8 Å². The van der Waals surface area contributed by atoms with Gasteiger partial charge in [-0.3, -0.25) is 14.8 Å². The van der Waals surface area contributed by atoms with Gasteiger partial charge >= 0.3 is 0 Å². The zero-order valence-electron chi connectivity index (χ0n) is 16.6. The van der Waals surface area contributed by atoms with E-state index in [4.69, 9.17) is 4.74 Å². The second-order valence-electron chi connectivity index (χ2n) is 7.60. The third kappa shape index (κ3) is 4.01. The summed E-state index contributed by atoms with van der Waals surface area (Å²) in [6, 6.07) is 18.9. The van der Waals surface area contributed by atoms with Crippen molar-refractivity contribution in [3.8, 4) is 11.3 Å². The van der Waals surface area contributed by atoms with Gasteiger partial charge in [0.1, 0.15) is 0 Å². The number of benzene rings is 2. The molecule has 0 radical (unpaired) electrons. The highest BCUT2D eigenvalue weighted by atomic mass is 32.2. The summed E-state index contributed by atoms with van der Waals surface area (Å²) in [5, 5.41) is 10.6. The van der Waals surface area contributed by atoms with Crippen LogP contribution in [0.1, 0.15) is 21.9 Å². The van der Waals surface area contributed by atoms with Gasteiger partial charge in [0.2, 0.25) is 5.91 Å². The number of morpholine rings is 1. The van der Waals surface area contributed by atoms with Crippen molar-refractivity contribution in [3.05, 3.63) is 71.3 Å². The van der Waals surface area contributed by atoms with Crippen LogP contribution in [0.4, 0.5) is 5.82 Å². The van der Waals surface area contributed by atoms with Crippen molar-refractivity contribution in [1.82, 2.24) is 15.1 Å². The number of nitrogens with one attached hydrogen (secondary N) is 2. The molecule has 7 heteroatoms. The number of aromatic amines is 1. The minimum Gasteiger partial charge on any atom is -0.379 e. The minimum atomic E-state index is -0.0150. The standard InChI is InChI=1S/C23H24N4O2S/c28-19-15-30-22(18-8-6-16(7-9-18)14-27-10-12-29-13-11-27)20-21(25-26-23(20)24-19)17-4-2-1-3-5-17/h1-9,22H,10-15H2,(H2,24,25,26,28). The van der Waals surface area contributed by atoms with Gasteiger partial charge < -0.3 is 10.1 Å². The maximum atomic E-state index is 12.2. The maximum Gasteiger partial charge on any atom is 0.235 e. The van der Waals surface area contributed by atoms with E-state index in [9.17, 15) is 4.79 Å². The highest BCUT2D eigenvalue weighted by molar-refractivity contribution is 8.00. The normalized spacial score (nSPS) is 19.7. The minimum absolute atomic E-state index is 0.0150. The van der Waals surface area contributed by atoms with E-state index in [0.29, 0.717) is 11.6 Å². The molecule has 154 valence electrons. The summed E-state index contributed by atoms with van der Waals surface area (Å²) in [5.41, 5.74) is 5.55. The Kier molecular flexibility index (Phi) is 5.57. The number of hydrogen-bond acceptors (Lipinski definition) is 5. The van der Waals surface area contributed by atoms with Crippen LogP contribution in [-0.4, -0.2) is 53.1 Å². The Labute approximate surface area is 180 Å². The van der Waals surface area contributed by atoms with Crippen molar-refractivity contribution in [3.63, 3.8) is 0 Å². The third-order valence-corrected chi connectivity index (χ3v) is 6.83. The molecule has 0 spiro atoms. The van der Waals surface area contributed by atoms with Gasteiger partial charge in [-0.25, -0.2) is 0 Å². The molecule has 2 N–H and O–H groups in total. The van der Waals surface area contributed by atoms with E-state index < -0.39 is 0 Å². The van der Waals surface area contributed by atoms with Crippen LogP contribution in [-0.2, 0) is 16.1 Å². The molecule has 1 atom stereocenters. The zero-order chi connectivity index (χ0) is 20.3. The molecule has 3 aromatic rings. The van der Waals surface area contributed by atoms with Crippen molar-refractivity contribution < 1.29 is 9.53 Å². The number of carbonyl (C=O) groups is 1. The molecule has 2 aliphatic heterocycles. The number of rotatable bonds is 4. The maximum absolute atomic E-state index is 12.2. The Balaban J connectivity index is 1.46. The van der Waals surface area contributed by atoms with Crippen molar-refractivity contribution in [1.29, 1.82) is 0 Å². The molecule has 0 bridgehead atoms. The molecule has 2 aliphatic rings. The quantitative estimate of drug-likeness (QED) is 0.674. The number of H-pyrrole nitrogens is 1. The molecule has 30 heavy (non-hydrogen) atoms. The van der Waals surface area contributed by atoms with Crippen molar-refractivity contribution in [2.45, 2.75) is 11.8 Å². The van der Waals surface area contributed by atoms with Crippen LogP contribution in [0.25, 0.3) is 11.3 Å². The Bertz CT molecular complexity index is 1010. The zero-order valence-corrected chi connectivity index (χ0v) is 17.5. The lowest BCUT2D eigenvalue weighted by atomic mass is 9.99. The van der Waals surface area contributed by atoms with E-state index in [1.807, 2.05) is 18.2 Å². The second-order valence-corrected chi connectivity index (χ2v) is 8.69. The number of nitrogens with zero attached hydrogens (tertiary/aromatic N) is 2. The number of amides is 1. The van der Waals surface area contributed by atoms with E-state index >= 15 is 0 Å². The predicted molar refractivity (Wildman–Crippen MR) is 119 cm³/mol. The van der Waals surface area contributed by atoms with Gasteiger partial charge in [0.25, 0.3) is 0 Å². The lowest BCUT2D eigenvalue weighted by Gasteiger charge is -2.26. The van der Waals surface area contributed by atoms with E-state index in [1.165, 1.54) is 11.1 Å². The van der Waals surface area contributed by atoms with Gasteiger partial charge in [-0.2, -0.15) is 5.10 Å². The lowest BCUT2D eigenvalue weighted by Crippen LogP contribution is -2.35. The Morgan fingerprint density at radius 3 is 2.60 bits per heavy atom. The summed E-state index contributed by atoms with van der Waals surface area (Å²) < 4.78 is 5.44.